The molecular formula is C6H12N2O3. The van der Waals surface area contributed by atoms with Gasteiger partial charge >= 0.3 is 6.09 Å². The molecule has 1 heterocycles. The highest BCUT2D eigenvalue weighted by atomic mass is 16.4. The van der Waals surface area contributed by atoms with Crippen LogP contribution in [0.2, 0.25) is 0 Å². The van der Waals surface area contributed by atoms with Crippen molar-refractivity contribution in [1.29, 1.82) is 0 Å². The number of carboxylic acid groups (broad SMARTS) is 1. The highest BCUT2D eigenvalue weighted by Crippen LogP contribution is 2.14. The summed E-state index contributed by atoms with van der Waals surface area (Å²) in [7, 11) is 0. The van der Waals surface area contributed by atoms with Crippen LogP contribution in [0.4, 0.5) is 4.79 Å². The van der Waals surface area contributed by atoms with E-state index in [1.165, 1.54) is 4.90 Å². The van der Waals surface area contributed by atoms with Crippen LogP contribution in [-0.4, -0.2) is 46.9 Å². The second kappa shape index (κ2) is 3.06. The third-order valence-electron chi connectivity index (χ3n) is 2.00. The highest BCUT2D eigenvalue weighted by Gasteiger charge is 2.31. The van der Waals surface area contributed by atoms with E-state index in [0.717, 1.165) is 0 Å². The van der Waals surface area contributed by atoms with Gasteiger partial charge in [-0.3, -0.25) is 0 Å². The molecule has 5 nitrogen and oxygen atoms in total. The molecule has 1 aliphatic heterocycles. The van der Waals surface area contributed by atoms with Crippen molar-refractivity contribution in [2.75, 3.05) is 19.7 Å². The number of hydrogen-bond donors (Lipinski definition) is 3. The fraction of sp³-hybridized carbons (Fsp3) is 0.833. The summed E-state index contributed by atoms with van der Waals surface area (Å²) in [6.45, 7) is 0.651. The molecule has 1 rings (SSSR count). The second-order valence-electron chi connectivity index (χ2n) is 2.79. The Labute approximate surface area is 64.4 Å². The number of aliphatic hydroxyl groups is 1. The van der Waals surface area contributed by atoms with E-state index in [0.29, 0.717) is 13.1 Å². The van der Waals surface area contributed by atoms with Gasteiger partial charge in [0.25, 0.3) is 0 Å². The summed E-state index contributed by atoms with van der Waals surface area (Å²) in [6.07, 6.45) is -0.962. The predicted molar refractivity (Wildman–Crippen MR) is 38.1 cm³/mol. The molecule has 0 spiro atoms. The van der Waals surface area contributed by atoms with Gasteiger partial charge in [0.05, 0.1) is 0 Å². The van der Waals surface area contributed by atoms with Gasteiger partial charge in [0.2, 0.25) is 0 Å². The van der Waals surface area contributed by atoms with Crippen molar-refractivity contribution in [2.24, 2.45) is 11.7 Å². The first-order chi connectivity index (χ1) is 5.15. The van der Waals surface area contributed by atoms with E-state index >= 15 is 0 Å². The third-order valence-corrected chi connectivity index (χ3v) is 2.00. The average Bonchev–Trinajstić information content (AvgIpc) is 2.31. The predicted octanol–water partition coefficient (Wildman–Crippen LogP) is -1.08. The molecule has 0 aliphatic carbocycles. The molecule has 4 N–H and O–H groups in total. The van der Waals surface area contributed by atoms with Gasteiger partial charge < -0.3 is 20.8 Å². The Morgan fingerprint density at radius 2 is 2.27 bits per heavy atom. The lowest BCUT2D eigenvalue weighted by Gasteiger charge is -2.09. The van der Waals surface area contributed by atoms with Crippen molar-refractivity contribution < 1.29 is 15.0 Å². The molecule has 0 saturated carbocycles. The normalized spacial score (nSPS) is 30.9. The molecule has 5 heteroatoms. The maximum absolute atomic E-state index is 10.4. The van der Waals surface area contributed by atoms with E-state index in [9.17, 15) is 4.79 Å². The van der Waals surface area contributed by atoms with E-state index in [-0.39, 0.29) is 18.6 Å². The largest absolute Gasteiger partial charge is 0.465 e. The number of likely N-dealkylation sites (tertiary alicyclic amines) is 1. The third kappa shape index (κ3) is 1.61. The number of nitrogens with two attached hydrogens (primary N) is 1. The van der Waals surface area contributed by atoms with E-state index in [4.69, 9.17) is 15.9 Å². The topological polar surface area (TPSA) is 86.8 Å². The summed E-state index contributed by atoms with van der Waals surface area (Å²) in [5.74, 6) is -0.0916. The van der Waals surface area contributed by atoms with Gasteiger partial charge in [-0.2, -0.15) is 0 Å². The second-order valence-corrected chi connectivity index (χ2v) is 2.79. The van der Waals surface area contributed by atoms with Crippen LogP contribution in [0.3, 0.4) is 0 Å². The maximum atomic E-state index is 10.4. The van der Waals surface area contributed by atoms with Gasteiger partial charge in [-0.1, -0.05) is 0 Å². The number of nitrogens with zero attached hydrogens (tertiary/aromatic N) is 1. The minimum Gasteiger partial charge on any atom is -0.465 e. The lowest BCUT2D eigenvalue weighted by atomic mass is 10.1. The van der Waals surface area contributed by atoms with Crippen LogP contribution in [0.25, 0.3) is 0 Å². The zero-order chi connectivity index (χ0) is 8.43. The summed E-state index contributed by atoms with van der Waals surface area (Å²) in [4.78, 5) is 11.6. The van der Waals surface area contributed by atoms with Crippen LogP contribution in [-0.2, 0) is 0 Å². The standard InChI is InChI=1S/C6H12N2O3/c7-5-2-8(6(10)11)1-4(5)3-9/h4-5,9H,1-3,7H2,(H,10,11)/t4-,5+/m1/s1. The van der Waals surface area contributed by atoms with Crippen LogP contribution in [0.15, 0.2) is 0 Å². The summed E-state index contributed by atoms with van der Waals surface area (Å²) in [5, 5.41) is 17.3. The Hall–Kier alpha value is -0.810. The van der Waals surface area contributed by atoms with Gasteiger partial charge in [-0.25, -0.2) is 4.79 Å². The summed E-state index contributed by atoms with van der Waals surface area (Å²) in [5.41, 5.74) is 5.55. The van der Waals surface area contributed by atoms with Crippen molar-refractivity contribution >= 4 is 6.09 Å². The first kappa shape index (κ1) is 8.29. The summed E-state index contributed by atoms with van der Waals surface area (Å²) < 4.78 is 0. The Morgan fingerprint density at radius 1 is 1.64 bits per heavy atom. The van der Waals surface area contributed by atoms with E-state index in [1.807, 2.05) is 0 Å². The Kier molecular flexibility index (Phi) is 2.31. The van der Waals surface area contributed by atoms with Crippen LogP contribution < -0.4 is 5.73 Å². The van der Waals surface area contributed by atoms with Gasteiger partial charge in [-0.15, -0.1) is 0 Å². The van der Waals surface area contributed by atoms with E-state index in [2.05, 4.69) is 0 Å². The molecule has 1 fully saturated rings. The van der Waals surface area contributed by atoms with Crippen LogP contribution in [0, 0.1) is 5.92 Å². The molecule has 0 aromatic carbocycles. The van der Waals surface area contributed by atoms with Crippen molar-refractivity contribution in [1.82, 2.24) is 4.90 Å². The van der Waals surface area contributed by atoms with Crippen molar-refractivity contribution in [3.63, 3.8) is 0 Å². The minimum atomic E-state index is -0.962. The maximum Gasteiger partial charge on any atom is 0.407 e. The van der Waals surface area contributed by atoms with Gasteiger partial charge in [0.1, 0.15) is 0 Å². The van der Waals surface area contributed by atoms with Crippen LogP contribution in [0.5, 0.6) is 0 Å². The number of carbonyl (C=O) groups is 1. The molecule has 0 radical (unpaired) electrons. The van der Waals surface area contributed by atoms with Gasteiger partial charge in [0.15, 0.2) is 0 Å². The fourth-order valence-electron chi connectivity index (χ4n) is 1.25. The van der Waals surface area contributed by atoms with Crippen molar-refractivity contribution in [3.05, 3.63) is 0 Å². The van der Waals surface area contributed by atoms with Crippen molar-refractivity contribution in [3.8, 4) is 0 Å². The summed E-state index contributed by atoms with van der Waals surface area (Å²) >= 11 is 0. The molecule has 0 bridgehead atoms. The van der Waals surface area contributed by atoms with Gasteiger partial charge in [0, 0.05) is 31.7 Å². The minimum absolute atomic E-state index is 0.0368. The van der Waals surface area contributed by atoms with Crippen molar-refractivity contribution in [2.45, 2.75) is 6.04 Å². The molecule has 11 heavy (non-hydrogen) atoms. The average molecular weight is 160 g/mol. The zero-order valence-electron chi connectivity index (χ0n) is 6.10. The highest BCUT2D eigenvalue weighted by molar-refractivity contribution is 5.65. The Balaban J connectivity index is 2.49. The lowest BCUT2D eigenvalue weighted by molar-refractivity contribution is 0.150. The first-order valence-electron chi connectivity index (χ1n) is 3.49. The Morgan fingerprint density at radius 3 is 2.55 bits per heavy atom. The zero-order valence-corrected chi connectivity index (χ0v) is 6.10. The SMILES string of the molecule is N[C@H]1CN(C(=O)O)C[C@@H]1CO. The molecule has 0 aromatic rings. The molecule has 1 saturated heterocycles. The fourth-order valence-corrected chi connectivity index (χ4v) is 1.25. The van der Waals surface area contributed by atoms with Crippen LogP contribution >= 0.6 is 0 Å². The molecular weight excluding hydrogens is 148 g/mol. The molecule has 0 unspecified atom stereocenters. The quantitative estimate of drug-likeness (QED) is 0.455. The monoisotopic (exact) mass is 160 g/mol. The van der Waals surface area contributed by atoms with E-state index < -0.39 is 6.09 Å². The molecule has 1 amide bonds. The van der Waals surface area contributed by atoms with Gasteiger partial charge in [-0.05, 0) is 0 Å². The lowest BCUT2D eigenvalue weighted by Crippen LogP contribution is -2.32. The number of amides is 1. The number of aliphatic hydroxyl groups excluding tert-OH is 1. The van der Waals surface area contributed by atoms with Crippen LogP contribution in [0.1, 0.15) is 0 Å². The molecule has 64 valence electrons. The number of rotatable bonds is 1. The first-order valence-corrected chi connectivity index (χ1v) is 3.49. The number of hydrogen-bond acceptors (Lipinski definition) is 3. The smallest absolute Gasteiger partial charge is 0.407 e. The molecule has 2 atom stereocenters. The molecule has 0 aromatic heterocycles. The van der Waals surface area contributed by atoms with E-state index in [1.54, 1.807) is 0 Å². The summed E-state index contributed by atoms with van der Waals surface area (Å²) in [6, 6.07) is -0.212. The Bertz CT molecular complexity index is 162. The molecule has 1 aliphatic rings.